The first-order valence-electron chi connectivity index (χ1n) is 4.85. The fourth-order valence-electron chi connectivity index (χ4n) is 1.38. The second-order valence-corrected chi connectivity index (χ2v) is 3.74. The van der Waals surface area contributed by atoms with E-state index in [-0.39, 0.29) is 6.61 Å². The van der Waals surface area contributed by atoms with Gasteiger partial charge in [0.2, 0.25) is 0 Å². The van der Waals surface area contributed by atoms with Crippen molar-refractivity contribution >= 4 is 0 Å². The first-order chi connectivity index (χ1) is 7.19. The van der Waals surface area contributed by atoms with E-state index < -0.39 is 6.04 Å². The molecule has 0 aliphatic heterocycles. The van der Waals surface area contributed by atoms with Crippen molar-refractivity contribution in [1.82, 2.24) is 9.78 Å². The molecule has 0 saturated heterocycles. The van der Waals surface area contributed by atoms with Crippen LogP contribution in [0.1, 0.15) is 25.6 Å². The first kappa shape index (κ1) is 11.6. The highest BCUT2D eigenvalue weighted by atomic mass is 16.3. The van der Waals surface area contributed by atoms with Crippen LogP contribution in [0.25, 0.3) is 10.4 Å². The quantitative estimate of drug-likeness (QED) is 0.456. The molecule has 1 aromatic heterocycles. The third-order valence-corrected chi connectivity index (χ3v) is 1.99. The van der Waals surface area contributed by atoms with Crippen molar-refractivity contribution < 1.29 is 5.11 Å². The van der Waals surface area contributed by atoms with Crippen molar-refractivity contribution in [2.24, 2.45) is 11.0 Å². The van der Waals surface area contributed by atoms with E-state index >= 15 is 0 Å². The predicted octanol–water partition coefficient (Wildman–Crippen LogP) is 1.88. The molecule has 0 aliphatic rings. The minimum atomic E-state index is -0.545. The Morgan fingerprint density at radius 1 is 1.67 bits per heavy atom. The molecule has 1 heterocycles. The summed E-state index contributed by atoms with van der Waals surface area (Å²) in [5.41, 5.74) is 9.11. The Morgan fingerprint density at radius 2 is 2.40 bits per heavy atom. The molecule has 1 N–H and O–H groups in total. The van der Waals surface area contributed by atoms with E-state index in [4.69, 9.17) is 10.6 Å². The Hall–Kier alpha value is -1.52. The molecule has 0 spiro atoms. The summed E-state index contributed by atoms with van der Waals surface area (Å²) in [4.78, 5) is 2.71. The Labute approximate surface area is 88.2 Å². The molecule has 0 saturated carbocycles. The number of azide groups is 1. The van der Waals surface area contributed by atoms with Crippen LogP contribution in [0.3, 0.4) is 0 Å². The summed E-state index contributed by atoms with van der Waals surface area (Å²) >= 11 is 0. The van der Waals surface area contributed by atoms with E-state index in [0.717, 1.165) is 12.2 Å². The zero-order valence-electron chi connectivity index (χ0n) is 8.91. The fraction of sp³-hybridized carbons (Fsp3) is 0.667. The largest absolute Gasteiger partial charge is 0.396 e. The van der Waals surface area contributed by atoms with E-state index in [9.17, 15) is 0 Å². The molecule has 0 amide bonds. The molecule has 0 fully saturated rings. The van der Waals surface area contributed by atoms with Gasteiger partial charge in [-0.15, -0.1) is 0 Å². The highest BCUT2D eigenvalue weighted by Crippen LogP contribution is 2.17. The van der Waals surface area contributed by atoms with Crippen molar-refractivity contribution in [1.29, 1.82) is 0 Å². The van der Waals surface area contributed by atoms with Gasteiger partial charge in [0, 0.05) is 23.3 Å². The molecule has 1 rings (SSSR count). The van der Waals surface area contributed by atoms with Crippen molar-refractivity contribution in [3.63, 3.8) is 0 Å². The van der Waals surface area contributed by atoms with E-state index in [2.05, 4.69) is 29.0 Å². The lowest BCUT2D eigenvalue weighted by atomic mass is 10.2. The average molecular weight is 209 g/mol. The van der Waals surface area contributed by atoms with E-state index in [1.807, 2.05) is 0 Å². The molecule has 6 heteroatoms. The lowest BCUT2D eigenvalue weighted by Crippen LogP contribution is -2.13. The number of nitrogens with zero attached hydrogens (tertiary/aromatic N) is 5. The van der Waals surface area contributed by atoms with Crippen LogP contribution >= 0.6 is 0 Å². The Bertz CT molecular complexity index is 353. The number of aromatic nitrogens is 2. The van der Waals surface area contributed by atoms with Gasteiger partial charge >= 0.3 is 0 Å². The average Bonchev–Trinajstić information content (AvgIpc) is 2.61. The van der Waals surface area contributed by atoms with Crippen LogP contribution in [0.4, 0.5) is 0 Å². The van der Waals surface area contributed by atoms with Gasteiger partial charge in [0.05, 0.1) is 6.61 Å². The van der Waals surface area contributed by atoms with Crippen molar-refractivity contribution in [3.05, 3.63) is 28.4 Å². The Balaban J connectivity index is 2.91. The molecule has 0 aliphatic carbocycles. The summed E-state index contributed by atoms with van der Waals surface area (Å²) in [6.45, 7) is 4.70. The second kappa shape index (κ2) is 5.38. The monoisotopic (exact) mass is 209 g/mol. The van der Waals surface area contributed by atoms with Crippen molar-refractivity contribution in [2.75, 3.05) is 6.61 Å². The normalized spacial score (nSPS) is 12.5. The van der Waals surface area contributed by atoms with Gasteiger partial charge in [0.1, 0.15) is 6.04 Å². The van der Waals surface area contributed by atoms with Crippen molar-refractivity contribution in [2.45, 2.75) is 26.4 Å². The number of rotatable bonds is 5. The van der Waals surface area contributed by atoms with Gasteiger partial charge in [-0.3, -0.25) is 4.68 Å². The summed E-state index contributed by atoms with van der Waals surface area (Å²) < 4.78 is 1.76. The third kappa shape index (κ3) is 2.97. The van der Waals surface area contributed by atoms with Crippen molar-refractivity contribution in [3.8, 4) is 0 Å². The van der Waals surface area contributed by atoms with Gasteiger partial charge in [-0.25, -0.2) is 0 Å². The van der Waals surface area contributed by atoms with Crippen LogP contribution in [-0.2, 0) is 6.54 Å². The molecule has 1 aromatic rings. The fourth-order valence-corrected chi connectivity index (χ4v) is 1.38. The van der Waals surface area contributed by atoms with Gasteiger partial charge in [0.15, 0.2) is 0 Å². The SMILES string of the molecule is CC(C)Cn1nccc1C(CO)N=[N+]=[N-]. The lowest BCUT2D eigenvalue weighted by Gasteiger charge is -2.13. The number of hydrogen-bond acceptors (Lipinski definition) is 3. The summed E-state index contributed by atoms with van der Waals surface area (Å²) in [5.74, 6) is 0.453. The van der Waals surface area contributed by atoms with Crippen LogP contribution in [-0.4, -0.2) is 21.5 Å². The van der Waals surface area contributed by atoms with Crippen LogP contribution < -0.4 is 0 Å². The first-order valence-corrected chi connectivity index (χ1v) is 4.85. The highest BCUT2D eigenvalue weighted by Gasteiger charge is 2.14. The van der Waals surface area contributed by atoms with Gasteiger partial charge in [-0.2, -0.15) is 5.10 Å². The maximum absolute atomic E-state index is 9.08. The molecule has 6 nitrogen and oxygen atoms in total. The second-order valence-electron chi connectivity index (χ2n) is 3.74. The standard InChI is InChI=1S/C9H15N5O/c1-7(2)5-14-9(3-4-11-14)8(6-15)12-13-10/h3-4,7-8,15H,5-6H2,1-2H3. The van der Waals surface area contributed by atoms with Crippen LogP contribution in [0.15, 0.2) is 17.4 Å². The maximum Gasteiger partial charge on any atom is 0.102 e. The Morgan fingerprint density at radius 3 is 2.93 bits per heavy atom. The minimum absolute atomic E-state index is 0.201. The van der Waals surface area contributed by atoms with E-state index in [1.165, 1.54) is 0 Å². The molecule has 0 radical (unpaired) electrons. The molecule has 82 valence electrons. The molecule has 0 bridgehead atoms. The maximum atomic E-state index is 9.08. The number of aliphatic hydroxyl groups excluding tert-OH is 1. The third-order valence-electron chi connectivity index (χ3n) is 1.99. The highest BCUT2D eigenvalue weighted by molar-refractivity contribution is 5.07. The topological polar surface area (TPSA) is 86.8 Å². The van der Waals surface area contributed by atoms with Gasteiger partial charge in [-0.05, 0) is 17.5 Å². The minimum Gasteiger partial charge on any atom is -0.396 e. The van der Waals surface area contributed by atoms with E-state index in [0.29, 0.717) is 5.92 Å². The van der Waals surface area contributed by atoms with Gasteiger partial charge < -0.3 is 5.11 Å². The summed E-state index contributed by atoms with van der Waals surface area (Å²) in [6.07, 6.45) is 1.65. The summed E-state index contributed by atoms with van der Waals surface area (Å²) in [6, 6.07) is 1.22. The molecule has 1 unspecified atom stereocenters. The zero-order valence-corrected chi connectivity index (χ0v) is 8.91. The molecule has 15 heavy (non-hydrogen) atoms. The summed E-state index contributed by atoms with van der Waals surface area (Å²) in [5, 5.41) is 16.7. The van der Waals surface area contributed by atoms with E-state index in [1.54, 1.807) is 16.9 Å². The van der Waals surface area contributed by atoms with Gasteiger partial charge in [-0.1, -0.05) is 19.0 Å². The Kier molecular flexibility index (Phi) is 4.15. The van der Waals surface area contributed by atoms with Crippen LogP contribution in [0.2, 0.25) is 0 Å². The van der Waals surface area contributed by atoms with Gasteiger partial charge in [0.25, 0.3) is 0 Å². The number of hydrogen-bond donors (Lipinski definition) is 1. The summed E-state index contributed by atoms with van der Waals surface area (Å²) in [7, 11) is 0. The lowest BCUT2D eigenvalue weighted by molar-refractivity contribution is 0.260. The van der Waals surface area contributed by atoms with Crippen LogP contribution in [0, 0.1) is 5.92 Å². The smallest absolute Gasteiger partial charge is 0.102 e. The molecular weight excluding hydrogens is 194 g/mol. The number of aliphatic hydroxyl groups is 1. The zero-order chi connectivity index (χ0) is 11.3. The van der Waals surface area contributed by atoms with Crippen LogP contribution in [0.5, 0.6) is 0 Å². The molecule has 0 aromatic carbocycles. The predicted molar refractivity (Wildman–Crippen MR) is 56.0 cm³/mol. The molecule has 1 atom stereocenters. The molecular formula is C9H15N5O.